The molecule has 1 unspecified atom stereocenters. The molecule has 0 aromatic carbocycles. The molecule has 0 aromatic heterocycles. The van der Waals surface area contributed by atoms with E-state index in [2.05, 4.69) is 49.0 Å². The third kappa shape index (κ3) is 3.48. The van der Waals surface area contributed by atoms with Crippen molar-refractivity contribution in [3.63, 3.8) is 0 Å². The molecule has 2 heterocycles. The van der Waals surface area contributed by atoms with Crippen LogP contribution in [0.15, 0.2) is 12.3 Å². The Morgan fingerprint density at radius 1 is 1.50 bits per heavy atom. The van der Waals surface area contributed by atoms with Crippen LogP contribution in [0.4, 0.5) is 0 Å². The molecular weight excluding hydrogens is 226 g/mol. The van der Waals surface area contributed by atoms with Gasteiger partial charge < -0.3 is 16.0 Å². The first-order chi connectivity index (χ1) is 8.49. The zero-order valence-corrected chi connectivity index (χ0v) is 11.9. The second-order valence-corrected chi connectivity index (χ2v) is 5.79. The highest BCUT2D eigenvalue weighted by atomic mass is 16.1. The van der Waals surface area contributed by atoms with Gasteiger partial charge in [-0.1, -0.05) is 13.3 Å². The minimum atomic E-state index is 0.250. The number of rotatable bonds is 3. The predicted octanol–water partition coefficient (Wildman–Crippen LogP) is 1.62. The zero-order valence-electron chi connectivity index (χ0n) is 11.9. The molecule has 1 amide bonds. The minimum absolute atomic E-state index is 0.250. The second kappa shape index (κ2) is 6.23. The summed E-state index contributed by atoms with van der Waals surface area (Å²) in [6.07, 6.45) is 10.1. The maximum absolute atomic E-state index is 8.58. The van der Waals surface area contributed by atoms with Crippen LogP contribution >= 0.6 is 0 Å². The molecule has 18 heavy (non-hydrogen) atoms. The number of hydrogen-bond donors (Lipinski definition) is 2. The summed E-state index contributed by atoms with van der Waals surface area (Å²) in [5.74, 6) is 0. The molecule has 0 bridgehead atoms. The molecule has 0 aromatic rings. The highest BCUT2D eigenvalue weighted by molar-refractivity contribution is 5.42. The molecule has 2 aliphatic rings. The number of hydrogen-bond acceptors (Lipinski definition) is 3. The van der Waals surface area contributed by atoms with E-state index in [4.69, 9.17) is 4.79 Å². The Balaban J connectivity index is 0.000000492. The molecule has 3 N–H and O–H groups in total. The van der Waals surface area contributed by atoms with E-state index in [1.807, 2.05) is 0 Å². The van der Waals surface area contributed by atoms with Crippen molar-refractivity contribution in [1.82, 2.24) is 10.2 Å². The highest BCUT2D eigenvalue weighted by Crippen LogP contribution is 2.32. The van der Waals surface area contributed by atoms with E-state index in [9.17, 15) is 0 Å². The van der Waals surface area contributed by atoms with Crippen molar-refractivity contribution >= 4 is 6.41 Å². The van der Waals surface area contributed by atoms with Gasteiger partial charge in [0.25, 0.3) is 0 Å². The van der Waals surface area contributed by atoms with E-state index in [-0.39, 0.29) is 6.41 Å². The summed E-state index contributed by atoms with van der Waals surface area (Å²) in [6.45, 7) is 9.38. The van der Waals surface area contributed by atoms with Gasteiger partial charge >= 0.3 is 0 Å². The average Bonchev–Trinajstić information content (AvgIpc) is 2.28. The maximum Gasteiger partial charge on any atom is 0.204 e. The van der Waals surface area contributed by atoms with Crippen molar-refractivity contribution in [2.24, 2.45) is 5.73 Å². The summed E-state index contributed by atoms with van der Waals surface area (Å²) in [5.41, 5.74) is 4.87. The first kappa shape index (κ1) is 15.0. The lowest BCUT2D eigenvalue weighted by molar-refractivity contribution is -0.106. The van der Waals surface area contributed by atoms with E-state index in [0.717, 1.165) is 0 Å². The van der Waals surface area contributed by atoms with Gasteiger partial charge in [0.05, 0.1) is 0 Å². The second-order valence-electron chi connectivity index (χ2n) is 5.79. The number of nitrogens with two attached hydrogens (primary N) is 1. The van der Waals surface area contributed by atoms with Gasteiger partial charge in [-0.3, -0.25) is 4.79 Å². The number of amides is 1. The molecule has 4 nitrogen and oxygen atoms in total. The fourth-order valence-corrected chi connectivity index (χ4v) is 2.77. The van der Waals surface area contributed by atoms with Crippen molar-refractivity contribution in [1.29, 1.82) is 0 Å². The topological polar surface area (TPSA) is 58.4 Å². The molecule has 0 radical (unpaired) electrons. The van der Waals surface area contributed by atoms with Gasteiger partial charge in [-0.15, -0.1) is 0 Å². The van der Waals surface area contributed by atoms with Crippen LogP contribution in [0.3, 0.4) is 0 Å². The quantitative estimate of drug-likeness (QED) is 0.751. The monoisotopic (exact) mass is 253 g/mol. The highest BCUT2D eigenvalue weighted by Gasteiger charge is 2.38. The van der Waals surface area contributed by atoms with E-state index < -0.39 is 0 Å². The van der Waals surface area contributed by atoms with E-state index in [1.165, 1.54) is 38.8 Å². The number of carbonyl (C=O) groups excluding carboxylic acids is 1. The average molecular weight is 253 g/mol. The van der Waals surface area contributed by atoms with Crippen LogP contribution in [-0.4, -0.2) is 35.5 Å². The van der Waals surface area contributed by atoms with Crippen LogP contribution in [0.1, 0.15) is 46.5 Å². The summed E-state index contributed by atoms with van der Waals surface area (Å²) < 4.78 is 0. The van der Waals surface area contributed by atoms with Crippen LogP contribution in [0, 0.1) is 0 Å². The molecular formula is C14H27N3O. The first-order valence-corrected chi connectivity index (χ1v) is 6.86. The van der Waals surface area contributed by atoms with Gasteiger partial charge in [0.1, 0.15) is 0 Å². The van der Waals surface area contributed by atoms with Gasteiger partial charge in [0.15, 0.2) is 0 Å². The molecule has 1 fully saturated rings. The molecule has 2 aliphatic heterocycles. The molecule has 104 valence electrons. The van der Waals surface area contributed by atoms with Crippen LogP contribution in [0.25, 0.3) is 0 Å². The van der Waals surface area contributed by atoms with Gasteiger partial charge in [0, 0.05) is 17.6 Å². The lowest BCUT2D eigenvalue weighted by atomic mass is 9.81. The van der Waals surface area contributed by atoms with Crippen LogP contribution in [-0.2, 0) is 4.79 Å². The number of nitrogens with zero attached hydrogens (tertiary/aromatic N) is 1. The van der Waals surface area contributed by atoms with E-state index >= 15 is 0 Å². The standard InChI is InChI=1S/C13H24N2.CH3NO/c1-4-5-12(2,3)15-10-7-13(8-11-15)6-9-14-13;2-1-3/h7,10,14H,4-6,8-9,11H2,1-3H3;1H,(H2,2,3). The Kier molecular flexibility index (Phi) is 5.20. The summed E-state index contributed by atoms with van der Waals surface area (Å²) >= 11 is 0. The third-order valence-corrected chi connectivity index (χ3v) is 4.06. The number of primary amides is 1. The normalized spacial score (nSPS) is 26.3. The van der Waals surface area contributed by atoms with Crippen molar-refractivity contribution in [3.05, 3.63) is 12.3 Å². The molecule has 1 spiro atoms. The fraction of sp³-hybridized carbons (Fsp3) is 0.786. The maximum atomic E-state index is 8.58. The van der Waals surface area contributed by atoms with Crippen LogP contribution in [0.5, 0.6) is 0 Å². The minimum Gasteiger partial charge on any atom is -0.372 e. The number of nitrogens with one attached hydrogen (secondary N) is 1. The fourth-order valence-electron chi connectivity index (χ4n) is 2.77. The Hall–Kier alpha value is -1.03. The van der Waals surface area contributed by atoms with Gasteiger partial charge in [-0.05, 0) is 51.9 Å². The molecule has 2 rings (SSSR count). The molecule has 4 heteroatoms. The molecule has 0 aliphatic carbocycles. The van der Waals surface area contributed by atoms with Gasteiger partial charge in [-0.25, -0.2) is 0 Å². The third-order valence-electron chi connectivity index (χ3n) is 4.06. The predicted molar refractivity (Wildman–Crippen MR) is 75.1 cm³/mol. The van der Waals surface area contributed by atoms with Crippen molar-refractivity contribution < 1.29 is 4.79 Å². The smallest absolute Gasteiger partial charge is 0.204 e. The SMILES string of the molecule is CCCC(C)(C)N1C=CC2(CCN2)CC1.NC=O. The Morgan fingerprint density at radius 2 is 2.11 bits per heavy atom. The van der Waals surface area contributed by atoms with Gasteiger partial charge in [0.2, 0.25) is 6.41 Å². The Labute approximate surface area is 111 Å². The first-order valence-electron chi connectivity index (χ1n) is 6.86. The summed E-state index contributed by atoms with van der Waals surface area (Å²) in [7, 11) is 0. The molecule has 0 saturated carbocycles. The van der Waals surface area contributed by atoms with Crippen LogP contribution < -0.4 is 11.1 Å². The van der Waals surface area contributed by atoms with Crippen molar-refractivity contribution in [2.75, 3.05) is 13.1 Å². The Morgan fingerprint density at radius 3 is 2.44 bits per heavy atom. The van der Waals surface area contributed by atoms with Crippen molar-refractivity contribution in [2.45, 2.75) is 57.5 Å². The summed E-state index contributed by atoms with van der Waals surface area (Å²) in [4.78, 5) is 11.1. The largest absolute Gasteiger partial charge is 0.372 e. The number of carbonyl (C=O) groups is 1. The summed E-state index contributed by atoms with van der Waals surface area (Å²) in [6, 6.07) is 0. The lowest BCUT2D eigenvalue weighted by Gasteiger charge is -2.49. The molecule has 1 saturated heterocycles. The van der Waals surface area contributed by atoms with Crippen LogP contribution in [0.2, 0.25) is 0 Å². The summed E-state index contributed by atoms with van der Waals surface area (Å²) in [5, 5.41) is 3.55. The van der Waals surface area contributed by atoms with Gasteiger partial charge in [-0.2, -0.15) is 0 Å². The van der Waals surface area contributed by atoms with Crippen molar-refractivity contribution in [3.8, 4) is 0 Å². The zero-order chi connectivity index (χ0) is 13.6. The Bertz CT molecular complexity index is 295. The van der Waals surface area contributed by atoms with E-state index in [1.54, 1.807) is 0 Å². The lowest BCUT2D eigenvalue weighted by Crippen LogP contribution is -2.59. The molecule has 1 atom stereocenters. The van der Waals surface area contributed by atoms with E-state index in [0.29, 0.717) is 11.1 Å².